The number of nitrogen functional groups attached to an aromatic ring is 1. The highest BCUT2D eigenvalue weighted by atomic mass is 35.5. The van der Waals surface area contributed by atoms with Crippen LogP contribution in [0.3, 0.4) is 0 Å². The molecule has 0 spiro atoms. The van der Waals surface area contributed by atoms with Crippen LogP contribution in [0.4, 0.5) is 5.69 Å². The summed E-state index contributed by atoms with van der Waals surface area (Å²) in [6.07, 6.45) is 3.94. The topological polar surface area (TPSA) is 29.3 Å². The second-order valence-electron chi connectivity index (χ2n) is 4.91. The molecule has 0 radical (unpaired) electrons. The second-order valence-corrected chi connectivity index (χ2v) is 4.91. The lowest BCUT2D eigenvalue weighted by Crippen LogP contribution is -2.33. The molecule has 0 bridgehead atoms. The molecule has 1 fully saturated rings. The van der Waals surface area contributed by atoms with Crippen molar-refractivity contribution in [2.24, 2.45) is 0 Å². The van der Waals surface area contributed by atoms with Crippen LogP contribution in [0.2, 0.25) is 0 Å². The summed E-state index contributed by atoms with van der Waals surface area (Å²) in [5, 5.41) is 0. The highest BCUT2D eigenvalue weighted by Gasteiger charge is 2.28. The Morgan fingerprint density at radius 2 is 2.12 bits per heavy atom. The molecule has 1 aromatic carbocycles. The van der Waals surface area contributed by atoms with Crippen LogP contribution < -0.4 is 5.73 Å². The maximum atomic E-state index is 5.82. The highest BCUT2D eigenvalue weighted by molar-refractivity contribution is 5.85. The zero-order chi connectivity index (χ0) is 11.5. The van der Waals surface area contributed by atoms with Gasteiger partial charge < -0.3 is 5.73 Å². The van der Waals surface area contributed by atoms with Crippen LogP contribution in [0.15, 0.2) is 24.3 Å². The Morgan fingerprint density at radius 3 is 2.76 bits per heavy atom. The van der Waals surface area contributed by atoms with Crippen LogP contribution in [0.25, 0.3) is 0 Å². The molecule has 2 atom stereocenters. The number of rotatable bonds is 3. The van der Waals surface area contributed by atoms with Crippen molar-refractivity contribution in [2.75, 3.05) is 5.73 Å². The van der Waals surface area contributed by atoms with Gasteiger partial charge in [-0.2, -0.15) is 0 Å². The lowest BCUT2D eigenvalue weighted by molar-refractivity contribution is 0.189. The van der Waals surface area contributed by atoms with E-state index in [4.69, 9.17) is 5.73 Å². The number of hydrogen-bond donors (Lipinski definition) is 1. The van der Waals surface area contributed by atoms with E-state index in [-0.39, 0.29) is 12.4 Å². The second kappa shape index (κ2) is 6.27. The van der Waals surface area contributed by atoms with Crippen molar-refractivity contribution in [3.8, 4) is 0 Å². The van der Waals surface area contributed by atoms with E-state index in [0.717, 1.165) is 18.3 Å². The minimum Gasteiger partial charge on any atom is -0.399 e. The smallest absolute Gasteiger partial charge is 0.0317 e. The number of halogens is 1. The van der Waals surface area contributed by atoms with Crippen molar-refractivity contribution in [3.05, 3.63) is 29.8 Å². The summed E-state index contributed by atoms with van der Waals surface area (Å²) < 4.78 is 0. The van der Waals surface area contributed by atoms with Crippen LogP contribution in [-0.2, 0) is 6.54 Å². The van der Waals surface area contributed by atoms with Gasteiger partial charge in [0, 0.05) is 24.3 Å². The minimum atomic E-state index is 0. The molecule has 1 saturated heterocycles. The highest BCUT2D eigenvalue weighted by Crippen LogP contribution is 2.27. The standard InChI is InChI=1S/C14H22N2.ClH/c1-3-14-8-7-11(2)16(14)10-12-5-4-6-13(15)9-12;/h4-6,9,11,14H,3,7-8,10,15H2,1-2H3;1H. The lowest BCUT2D eigenvalue weighted by Gasteiger charge is -2.27. The van der Waals surface area contributed by atoms with Gasteiger partial charge in [-0.05, 0) is 43.9 Å². The van der Waals surface area contributed by atoms with E-state index in [0.29, 0.717) is 6.04 Å². The van der Waals surface area contributed by atoms with E-state index in [2.05, 4.69) is 30.9 Å². The van der Waals surface area contributed by atoms with E-state index >= 15 is 0 Å². The van der Waals surface area contributed by atoms with Crippen molar-refractivity contribution in [1.82, 2.24) is 4.90 Å². The third-order valence-corrected chi connectivity index (χ3v) is 3.74. The summed E-state index contributed by atoms with van der Waals surface area (Å²) in [6.45, 7) is 5.67. The Bertz CT molecular complexity index is 354. The van der Waals surface area contributed by atoms with Gasteiger partial charge in [-0.3, -0.25) is 4.90 Å². The van der Waals surface area contributed by atoms with Gasteiger partial charge in [-0.1, -0.05) is 19.1 Å². The lowest BCUT2D eigenvalue weighted by atomic mass is 10.1. The van der Waals surface area contributed by atoms with Crippen LogP contribution in [-0.4, -0.2) is 17.0 Å². The summed E-state index contributed by atoms with van der Waals surface area (Å²) in [4.78, 5) is 2.62. The zero-order valence-corrected chi connectivity index (χ0v) is 11.5. The average molecular weight is 255 g/mol. The third kappa shape index (κ3) is 3.36. The minimum absolute atomic E-state index is 0. The first-order valence-electron chi connectivity index (χ1n) is 6.31. The van der Waals surface area contributed by atoms with E-state index in [9.17, 15) is 0 Å². The Hall–Kier alpha value is -0.730. The predicted molar refractivity (Wildman–Crippen MR) is 76.4 cm³/mol. The molecular weight excluding hydrogens is 232 g/mol. The van der Waals surface area contributed by atoms with Gasteiger partial charge in [0.15, 0.2) is 0 Å². The van der Waals surface area contributed by atoms with Crippen molar-refractivity contribution < 1.29 is 0 Å². The Kier molecular flexibility index (Phi) is 5.29. The first kappa shape index (κ1) is 14.3. The molecule has 96 valence electrons. The van der Waals surface area contributed by atoms with Crippen molar-refractivity contribution >= 4 is 18.1 Å². The van der Waals surface area contributed by atoms with Gasteiger partial charge in [0.05, 0.1) is 0 Å². The molecule has 2 nitrogen and oxygen atoms in total. The Morgan fingerprint density at radius 1 is 1.35 bits per heavy atom. The third-order valence-electron chi connectivity index (χ3n) is 3.74. The molecule has 2 rings (SSSR count). The summed E-state index contributed by atoms with van der Waals surface area (Å²) in [6, 6.07) is 9.75. The maximum absolute atomic E-state index is 5.82. The number of likely N-dealkylation sites (tertiary alicyclic amines) is 1. The van der Waals surface area contributed by atoms with Crippen molar-refractivity contribution in [2.45, 2.75) is 51.7 Å². The van der Waals surface area contributed by atoms with Gasteiger partial charge >= 0.3 is 0 Å². The van der Waals surface area contributed by atoms with Crippen LogP contribution >= 0.6 is 12.4 Å². The van der Waals surface area contributed by atoms with Gasteiger partial charge in [0.25, 0.3) is 0 Å². The molecule has 1 aromatic rings. The van der Waals surface area contributed by atoms with E-state index in [1.54, 1.807) is 0 Å². The van der Waals surface area contributed by atoms with Crippen molar-refractivity contribution in [3.63, 3.8) is 0 Å². The number of nitrogens with two attached hydrogens (primary N) is 1. The monoisotopic (exact) mass is 254 g/mol. The van der Waals surface area contributed by atoms with Gasteiger partial charge in [-0.25, -0.2) is 0 Å². The molecule has 2 unspecified atom stereocenters. The number of anilines is 1. The fourth-order valence-corrected chi connectivity index (χ4v) is 2.75. The van der Waals surface area contributed by atoms with Crippen LogP contribution in [0.5, 0.6) is 0 Å². The van der Waals surface area contributed by atoms with Crippen molar-refractivity contribution in [1.29, 1.82) is 0 Å². The summed E-state index contributed by atoms with van der Waals surface area (Å²) in [5.41, 5.74) is 8.03. The molecule has 0 saturated carbocycles. The summed E-state index contributed by atoms with van der Waals surface area (Å²) in [7, 11) is 0. The molecule has 0 aromatic heterocycles. The van der Waals surface area contributed by atoms with E-state index in [1.165, 1.54) is 24.8 Å². The van der Waals surface area contributed by atoms with Gasteiger partial charge in [0.1, 0.15) is 0 Å². The zero-order valence-electron chi connectivity index (χ0n) is 10.7. The first-order valence-corrected chi connectivity index (χ1v) is 6.31. The normalized spacial score (nSPS) is 24.6. The Labute approximate surface area is 111 Å². The van der Waals surface area contributed by atoms with Crippen LogP contribution in [0.1, 0.15) is 38.7 Å². The Balaban J connectivity index is 0.00000144. The molecule has 17 heavy (non-hydrogen) atoms. The fraction of sp³-hybridized carbons (Fsp3) is 0.571. The van der Waals surface area contributed by atoms with Gasteiger partial charge in [-0.15, -0.1) is 12.4 Å². The molecule has 0 aliphatic carbocycles. The van der Waals surface area contributed by atoms with Crippen LogP contribution in [0, 0.1) is 0 Å². The largest absolute Gasteiger partial charge is 0.399 e. The average Bonchev–Trinajstić information content (AvgIpc) is 2.60. The predicted octanol–water partition coefficient (Wildman–Crippen LogP) is 3.45. The summed E-state index contributed by atoms with van der Waals surface area (Å²) >= 11 is 0. The van der Waals surface area contributed by atoms with E-state index < -0.39 is 0 Å². The van der Waals surface area contributed by atoms with Gasteiger partial charge in [0.2, 0.25) is 0 Å². The molecule has 1 heterocycles. The number of hydrogen-bond acceptors (Lipinski definition) is 2. The molecule has 3 heteroatoms. The fourth-order valence-electron chi connectivity index (χ4n) is 2.75. The number of benzene rings is 1. The summed E-state index contributed by atoms with van der Waals surface area (Å²) in [5.74, 6) is 0. The molecule has 1 aliphatic heterocycles. The maximum Gasteiger partial charge on any atom is 0.0317 e. The van der Waals surface area contributed by atoms with E-state index in [1.807, 2.05) is 12.1 Å². The molecule has 0 amide bonds. The molecule has 2 N–H and O–H groups in total. The first-order chi connectivity index (χ1) is 7.70. The molecule has 1 aliphatic rings. The SMILES string of the molecule is CCC1CCC(C)N1Cc1cccc(N)c1.Cl. The molecular formula is C14H23ClN2. The quantitative estimate of drug-likeness (QED) is 0.838. The number of nitrogens with zero attached hydrogens (tertiary/aromatic N) is 1.